The van der Waals surface area contributed by atoms with Gasteiger partial charge in [-0.15, -0.1) is 11.3 Å². The van der Waals surface area contributed by atoms with Crippen molar-refractivity contribution >= 4 is 39.5 Å². The second-order valence-electron chi connectivity index (χ2n) is 6.00. The molecule has 0 fully saturated rings. The molecule has 166 valence electrons. The Balaban J connectivity index is 0.00000198. The van der Waals surface area contributed by atoms with Gasteiger partial charge in [0.2, 0.25) is 0 Å². The van der Waals surface area contributed by atoms with Crippen LogP contribution in [0.1, 0.15) is 73.4 Å². The predicted molar refractivity (Wildman–Crippen MR) is 134 cm³/mol. The summed E-state index contributed by atoms with van der Waals surface area (Å²) in [5, 5.41) is 6.01. The van der Waals surface area contributed by atoms with Crippen LogP contribution < -0.4 is 11.1 Å². The normalized spacial score (nSPS) is 14.1. The molecule has 0 aromatic carbocycles. The maximum absolute atomic E-state index is 12.5. The molecule has 1 heterocycles. The minimum Gasteiger partial charge on any atom is -0.375 e. The number of rotatable bonds is 6. The van der Waals surface area contributed by atoms with Gasteiger partial charge in [-0.3, -0.25) is 4.79 Å². The van der Waals surface area contributed by atoms with E-state index < -0.39 is 0 Å². The van der Waals surface area contributed by atoms with Gasteiger partial charge in [0, 0.05) is 21.7 Å². The number of nitrogens with two attached hydrogens (primary N) is 1. The molecule has 30 heavy (non-hydrogen) atoms. The number of anilines is 1. The summed E-state index contributed by atoms with van der Waals surface area (Å²) in [6, 6.07) is 0. The lowest BCUT2D eigenvalue weighted by molar-refractivity contribution is -0.116. The van der Waals surface area contributed by atoms with Gasteiger partial charge >= 0.3 is 0 Å². The summed E-state index contributed by atoms with van der Waals surface area (Å²) in [5.41, 5.74) is 9.79. The van der Waals surface area contributed by atoms with E-state index in [1.54, 1.807) is 6.92 Å². The average molecular weight is 450 g/mol. The number of carbonyl (C=O) groups excluding carboxylic acids is 1. The highest BCUT2D eigenvalue weighted by atomic mass is 35.5. The second kappa shape index (κ2) is 15.7. The van der Waals surface area contributed by atoms with Crippen molar-refractivity contribution in [1.82, 2.24) is 10.3 Å². The molecule has 0 saturated carbocycles. The number of allylic oxidation sites excluding steroid dienone is 8. The minimum atomic E-state index is -0.174. The monoisotopic (exact) mass is 449 g/mol. The summed E-state index contributed by atoms with van der Waals surface area (Å²) in [7, 11) is 0. The zero-order valence-electron chi connectivity index (χ0n) is 19.3. The number of nitrogens with one attached hydrogen (secondary N) is 1. The third-order valence-corrected chi connectivity index (χ3v) is 5.00. The van der Waals surface area contributed by atoms with Crippen molar-refractivity contribution < 1.29 is 4.79 Å². The molecule has 0 unspecified atom stereocenters. The SMILES string of the molecule is C/C=C(\C=C(/C)C(=O)NC1=CC(Cl)=C(CCC)CC=C1)c1csc(N)n1.CC.CC. The van der Waals surface area contributed by atoms with Gasteiger partial charge in [-0.2, -0.15) is 0 Å². The Labute approximate surface area is 191 Å². The first-order valence-electron chi connectivity index (χ1n) is 10.6. The van der Waals surface area contributed by atoms with E-state index in [1.165, 1.54) is 16.9 Å². The molecule has 1 aliphatic carbocycles. The van der Waals surface area contributed by atoms with E-state index in [4.69, 9.17) is 17.3 Å². The number of thiazole rings is 1. The van der Waals surface area contributed by atoms with Crippen molar-refractivity contribution in [2.24, 2.45) is 0 Å². The number of nitrogens with zero attached hydrogens (tertiary/aromatic N) is 1. The maximum atomic E-state index is 12.5. The number of hydrogen-bond donors (Lipinski definition) is 2. The van der Waals surface area contributed by atoms with Gasteiger partial charge in [0.05, 0.1) is 5.69 Å². The number of nitrogen functional groups attached to an aromatic ring is 1. The number of amides is 1. The highest BCUT2D eigenvalue weighted by Gasteiger charge is 2.11. The fourth-order valence-corrected chi connectivity index (χ4v) is 3.43. The molecule has 0 atom stereocenters. The van der Waals surface area contributed by atoms with Crippen LogP contribution in [0.2, 0.25) is 0 Å². The summed E-state index contributed by atoms with van der Waals surface area (Å²) in [5.74, 6) is -0.174. The van der Waals surface area contributed by atoms with Gasteiger partial charge in [0.15, 0.2) is 5.13 Å². The van der Waals surface area contributed by atoms with Crippen LogP contribution in [0.15, 0.2) is 57.6 Å². The fraction of sp³-hybridized carbons (Fsp3) is 0.417. The topological polar surface area (TPSA) is 68.0 Å². The molecule has 2 rings (SSSR count). The zero-order valence-corrected chi connectivity index (χ0v) is 20.9. The molecular weight excluding hydrogens is 414 g/mol. The van der Waals surface area contributed by atoms with E-state index in [2.05, 4.69) is 17.2 Å². The Morgan fingerprint density at radius 1 is 1.33 bits per heavy atom. The molecule has 0 spiro atoms. The van der Waals surface area contributed by atoms with Gasteiger partial charge in [0.25, 0.3) is 5.91 Å². The first-order chi connectivity index (χ1) is 14.4. The van der Waals surface area contributed by atoms with Gasteiger partial charge < -0.3 is 11.1 Å². The Morgan fingerprint density at radius 3 is 2.53 bits per heavy atom. The third kappa shape index (κ3) is 9.14. The highest BCUT2D eigenvalue weighted by molar-refractivity contribution is 7.13. The van der Waals surface area contributed by atoms with Crippen LogP contribution in [0, 0.1) is 0 Å². The van der Waals surface area contributed by atoms with E-state index in [0.29, 0.717) is 21.4 Å². The smallest absolute Gasteiger partial charge is 0.251 e. The zero-order chi connectivity index (χ0) is 23.1. The molecule has 3 N–H and O–H groups in total. The Morgan fingerprint density at radius 2 is 2.00 bits per heavy atom. The van der Waals surface area contributed by atoms with Gasteiger partial charge in [-0.05, 0) is 56.1 Å². The summed E-state index contributed by atoms with van der Waals surface area (Å²) in [6.07, 6.45) is 12.3. The van der Waals surface area contributed by atoms with E-state index in [0.717, 1.165) is 30.5 Å². The van der Waals surface area contributed by atoms with Crippen LogP contribution in [-0.4, -0.2) is 10.9 Å². The summed E-state index contributed by atoms with van der Waals surface area (Å²) < 4.78 is 0. The average Bonchev–Trinajstić information content (AvgIpc) is 3.11. The molecular formula is C24H36ClN3OS. The summed E-state index contributed by atoms with van der Waals surface area (Å²) in [4.78, 5) is 16.8. The van der Waals surface area contributed by atoms with Crippen LogP contribution in [-0.2, 0) is 4.79 Å². The standard InChI is InChI=1S/C20H24ClN3OS.2C2H6/c1-4-7-15-8-6-9-16(11-17(15)21)23-19(25)13(3)10-14(5-2)18-12-26-20(22)24-18;2*1-2/h5-6,9-12H,4,7-8H2,1-3H3,(H2,22,24)(H,23,25);2*1-2H3/b13-10+,14-5+;;. The largest absolute Gasteiger partial charge is 0.375 e. The van der Waals surface area contributed by atoms with Crippen molar-refractivity contribution in [2.75, 3.05) is 5.73 Å². The van der Waals surface area contributed by atoms with Crippen molar-refractivity contribution in [3.63, 3.8) is 0 Å². The highest BCUT2D eigenvalue weighted by Crippen LogP contribution is 2.25. The Bertz CT molecular complexity index is 829. The van der Waals surface area contributed by atoms with Crippen molar-refractivity contribution in [3.05, 3.63) is 63.3 Å². The van der Waals surface area contributed by atoms with Crippen LogP contribution in [0.5, 0.6) is 0 Å². The summed E-state index contributed by atoms with van der Waals surface area (Å²) >= 11 is 7.76. The Kier molecular flexibility index (Phi) is 14.6. The quantitative estimate of drug-likeness (QED) is 0.351. The molecule has 1 aromatic heterocycles. The fourth-order valence-electron chi connectivity index (χ4n) is 2.57. The van der Waals surface area contributed by atoms with E-state index in [9.17, 15) is 4.79 Å². The molecule has 6 heteroatoms. The molecule has 1 amide bonds. The first kappa shape index (κ1) is 27.9. The number of carbonyl (C=O) groups is 1. The molecule has 0 aliphatic heterocycles. The maximum Gasteiger partial charge on any atom is 0.251 e. The lowest BCUT2D eigenvalue weighted by Gasteiger charge is -2.07. The second-order valence-corrected chi connectivity index (χ2v) is 7.30. The molecule has 0 saturated heterocycles. The third-order valence-electron chi connectivity index (χ3n) is 3.95. The minimum absolute atomic E-state index is 0.174. The molecule has 0 radical (unpaired) electrons. The first-order valence-corrected chi connectivity index (χ1v) is 11.8. The molecule has 4 nitrogen and oxygen atoms in total. The van der Waals surface area contributed by atoms with Crippen LogP contribution in [0.25, 0.3) is 5.57 Å². The van der Waals surface area contributed by atoms with Crippen molar-refractivity contribution in [3.8, 4) is 0 Å². The van der Waals surface area contributed by atoms with Gasteiger partial charge in [0.1, 0.15) is 0 Å². The molecule has 1 aliphatic rings. The lowest BCUT2D eigenvalue weighted by atomic mass is 10.1. The number of aromatic nitrogens is 1. The number of halogens is 1. The molecule has 0 bridgehead atoms. The predicted octanol–water partition coefficient (Wildman–Crippen LogP) is 7.38. The van der Waals surface area contributed by atoms with E-state index in [1.807, 2.05) is 70.4 Å². The molecule has 1 aromatic rings. The van der Waals surface area contributed by atoms with Crippen LogP contribution in [0.3, 0.4) is 0 Å². The van der Waals surface area contributed by atoms with E-state index >= 15 is 0 Å². The van der Waals surface area contributed by atoms with Crippen LogP contribution >= 0.6 is 22.9 Å². The van der Waals surface area contributed by atoms with Crippen molar-refractivity contribution in [1.29, 1.82) is 0 Å². The van der Waals surface area contributed by atoms with Gasteiger partial charge in [-0.25, -0.2) is 4.98 Å². The van der Waals surface area contributed by atoms with Crippen molar-refractivity contribution in [2.45, 2.75) is 67.7 Å². The van der Waals surface area contributed by atoms with E-state index in [-0.39, 0.29) is 5.91 Å². The van der Waals surface area contributed by atoms with Gasteiger partial charge in [-0.1, -0.05) is 64.8 Å². The lowest BCUT2D eigenvalue weighted by Crippen LogP contribution is -2.22. The number of hydrogen-bond acceptors (Lipinski definition) is 4. The summed E-state index contributed by atoms with van der Waals surface area (Å²) in [6.45, 7) is 13.8. The Hall–Kier alpha value is -2.11. The van der Waals surface area contributed by atoms with Crippen LogP contribution in [0.4, 0.5) is 5.13 Å².